The van der Waals surface area contributed by atoms with Crippen LogP contribution in [0.25, 0.3) is 10.4 Å². The van der Waals surface area contributed by atoms with Gasteiger partial charge >= 0.3 is 0 Å². The Hall–Kier alpha value is -1.98. The predicted octanol–water partition coefficient (Wildman–Crippen LogP) is 3.15. The van der Waals surface area contributed by atoms with E-state index in [0.29, 0.717) is 6.42 Å². The van der Waals surface area contributed by atoms with E-state index < -0.39 is 11.9 Å². The Labute approximate surface area is 127 Å². The van der Waals surface area contributed by atoms with Gasteiger partial charge in [-0.05, 0) is 41.8 Å². The number of azide groups is 1. The van der Waals surface area contributed by atoms with Gasteiger partial charge in [0.15, 0.2) is 0 Å². The van der Waals surface area contributed by atoms with E-state index in [1.54, 1.807) is 0 Å². The molecule has 1 N–H and O–H groups in total. The molecule has 0 heterocycles. The van der Waals surface area contributed by atoms with Crippen LogP contribution in [0.4, 0.5) is 0 Å². The highest BCUT2D eigenvalue weighted by Crippen LogP contribution is 2.22. The molecule has 1 rings (SSSR count). The van der Waals surface area contributed by atoms with E-state index in [-0.39, 0.29) is 17.6 Å². The van der Waals surface area contributed by atoms with Crippen molar-refractivity contribution in [1.82, 2.24) is 5.32 Å². The van der Waals surface area contributed by atoms with Crippen LogP contribution in [0.3, 0.4) is 0 Å². The topological polar surface area (TPSA) is 94.9 Å². The molecular weight excluding hydrogens is 288 g/mol. The number of benzene rings is 1. The number of nitrogens with one attached hydrogen (secondary N) is 1. The Morgan fingerprint density at radius 1 is 1.33 bits per heavy atom. The SMILES string of the molecule is CC(C)C[C@H](NC(=O)CN=[N+]=[N-])C(=O)Sc1ccccc1. The average molecular weight is 306 g/mol. The highest BCUT2D eigenvalue weighted by Gasteiger charge is 2.22. The molecule has 0 saturated heterocycles. The first-order valence-corrected chi connectivity index (χ1v) is 7.41. The van der Waals surface area contributed by atoms with Crippen molar-refractivity contribution < 1.29 is 9.59 Å². The van der Waals surface area contributed by atoms with Crippen LogP contribution in [-0.2, 0) is 9.59 Å². The number of nitrogens with zero attached hydrogens (tertiary/aromatic N) is 3. The first-order valence-electron chi connectivity index (χ1n) is 6.60. The second-order valence-corrected chi connectivity index (χ2v) is 5.95. The van der Waals surface area contributed by atoms with Gasteiger partial charge in [0.2, 0.25) is 11.0 Å². The third-order valence-corrected chi connectivity index (χ3v) is 3.56. The van der Waals surface area contributed by atoms with Gasteiger partial charge in [-0.25, -0.2) is 0 Å². The molecule has 0 aromatic heterocycles. The van der Waals surface area contributed by atoms with E-state index in [2.05, 4.69) is 15.3 Å². The number of thioether (sulfide) groups is 1. The number of hydrogen-bond acceptors (Lipinski definition) is 4. The number of carbonyl (C=O) groups is 2. The fraction of sp³-hybridized carbons (Fsp3) is 0.429. The molecule has 7 heteroatoms. The molecule has 0 fully saturated rings. The van der Waals surface area contributed by atoms with Crippen LogP contribution >= 0.6 is 11.8 Å². The fourth-order valence-electron chi connectivity index (χ4n) is 1.70. The van der Waals surface area contributed by atoms with Crippen LogP contribution in [-0.4, -0.2) is 23.6 Å². The van der Waals surface area contributed by atoms with Crippen LogP contribution in [0.2, 0.25) is 0 Å². The van der Waals surface area contributed by atoms with Gasteiger partial charge in [0.1, 0.15) is 6.54 Å². The second-order valence-electron chi connectivity index (χ2n) is 4.87. The molecule has 0 aliphatic rings. The number of rotatable bonds is 7. The Morgan fingerprint density at radius 2 is 2.00 bits per heavy atom. The summed E-state index contributed by atoms with van der Waals surface area (Å²) in [6, 6.07) is 8.69. The summed E-state index contributed by atoms with van der Waals surface area (Å²) in [4.78, 5) is 27.3. The Bertz CT molecular complexity index is 527. The molecule has 21 heavy (non-hydrogen) atoms. The average Bonchev–Trinajstić information content (AvgIpc) is 2.45. The highest BCUT2D eigenvalue weighted by molar-refractivity contribution is 8.13. The largest absolute Gasteiger partial charge is 0.345 e. The molecule has 0 bridgehead atoms. The van der Waals surface area contributed by atoms with Crippen molar-refractivity contribution in [2.75, 3.05) is 6.54 Å². The summed E-state index contributed by atoms with van der Waals surface area (Å²) < 4.78 is 0. The molecule has 0 spiro atoms. The van der Waals surface area contributed by atoms with Gasteiger partial charge in [0.05, 0.1) is 6.04 Å². The minimum atomic E-state index is -0.586. The molecule has 0 unspecified atom stereocenters. The quantitative estimate of drug-likeness (QED) is 0.363. The van der Waals surface area contributed by atoms with Gasteiger partial charge < -0.3 is 5.32 Å². The first kappa shape index (κ1) is 17.1. The molecule has 0 radical (unpaired) electrons. The van der Waals surface area contributed by atoms with Crippen molar-refractivity contribution in [2.45, 2.75) is 31.2 Å². The van der Waals surface area contributed by atoms with Crippen molar-refractivity contribution in [1.29, 1.82) is 0 Å². The molecule has 0 aliphatic heterocycles. The number of hydrogen-bond donors (Lipinski definition) is 1. The summed E-state index contributed by atoms with van der Waals surface area (Å²) in [5.74, 6) is -0.185. The Balaban J connectivity index is 2.69. The van der Waals surface area contributed by atoms with E-state index in [1.807, 2.05) is 44.2 Å². The third kappa shape index (κ3) is 6.83. The maximum Gasteiger partial charge on any atom is 0.226 e. The summed E-state index contributed by atoms with van der Waals surface area (Å²) in [7, 11) is 0. The lowest BCUT2D eigenvalue weighted by atomic mass is 10.0. The zero-order valence-electron chi connectivity index (χ0n) is 12.0. The van der Waals surface area contributed by atoms with Gasteiger partial charge in [-0.2, -0.15) is 0 Å². The van der Waals surface area contributed by atoms with Crippen molar-refractivity contribution in [2.24, 2.45) is 11.0 Å². The zero-order valence-corrected chi connectivity index (χ0v) is 12.8. The summed E-state index contributed by atoms with van der Waals surface area (Å²) in [6.45, 7) is 3.66. The lowest BCUT2D eigenvalue weighted by Crippen LogP contribution is -2.41. The lowest BCUT2D eigenvalue weighted by Gasteiger charge is -2.18. The predicted molar refractivity (Wildman–Crippen MR) is 82.7 cm³/mol. The van der Waals surface area contributed by atoms with Gasteiger partial charge in [0.25, 0.3) is 0 Å². The molecule has 1 aromatic carbocycles. The van der Waals surface area contributed by atoms with Gasteiger partial charge in [0, 0.05) is 9.81 Å². The first-order chi connectivity index (χ1) is 10.0. The summed E-state index contributed by atoms with van der Waals surface area (Å²) in [5, 5.41) is 5.71. The molecule has 1 amide bonds. The third-order valence-electron chi connectivity index (χ3n) is 2.57. The van der Waals surface area contributed by atoms with Gasteiger partial charge in [-0.3, -0.25) is 9.59 Å². The van der Waals surface area contributed by atoms with Crippen molar-refractivity contribution >= 4 is 22.8 Å². The van der Waals surface area contributed by atoms with E-state index >= 15 is 0 Å². The molecule has 1 aromatic rings. The minimum absolute atomic E-state index is 0.121. The summed E-state index contributed by atoms with van der Waals surface area (Å²) >= 11 is 1.10. The maximum absolute atomic E-state index is 12.3. The second kappa shape index (κ2) is 9.05. The van der Waals surface area contributed by atoms with Gasteiger partial charge in [-0.15, -0.1) is 0 Å². The van der Waals surface area contributed by atoms with Crippen LogP contribution < -0.4 is 5.32 Å². The van der Waals surface area contributed by atoms with Crippen LogP contribution in [0, 0.1) is 5.92 Å². The van der Waals surface area contributed by atoms with E-state index in [4.69, 9.17) is 5.53 Å². The highest BCUT2D eigenvalue weighted by atomic mass is 32.2. The maximum atomic E-state index is 12.3. The van der Waals surface area contributed by atoms with Crippen LogP contribution in [0.1, 0.15) is 20.3 Å². The van der Waals surface area contributed by atoms with Crippen molar-refractivity contribution in [3.63, 3.8) is 0 Å². The monoisotopic (exact) mass is 306 g/mol. The Kier molecular flexibility index (Phi) is 7.36. The standard InChI is InChI=1S/C14H18N4O2S/c1-10(2)8-12(17-13(19)9-16-18-15)14(20)21-11-6-4-3-5-7-11/h3-7,10,12H,8-9H2,1-2H3,(H,17,19)/t12-/m0/s1. The van der Waals surface area contributed by atoms with Crippen LogP contribution in [0.15, 0.2) is 40.3 Å². The van der Waals surface area contributed by atoms with Crippen molar-refractivity contribution in [3.8, 4) is 0 Å². The van der Waals surface area contributed by atoms with Crippen LogP contribution in [0.5, 0.6) is 0 Å². The zero-order chi connectivity index (χ0) is 15.7. The number of amides is 1. The van der Waals surface area contributed by atoms with E-state index in [0.717, 1.165) is 16.7 Å². The Morgan fingerprint density at radius 3 is 2.57 bits per heavy atom. The molecule has 0 saturated carbocycles. The minimum Gasteiger partial charge on any atom is -0.345 e. The van der Waals surface area contributed by atoms with E-state index in [9.17, 15) is 9.59 Å². The smallest absolute Gasteiger partial charge is 0.226 e. The summed E-state index contributed by atoms with van der Waals surface area (Å²) in [6.07, 6.45) is 0.542. The number of carbonyl (C=O) groups excluding carboxylic acids is 2. The molecule has 112 valence electrons. The van der Waals surface area contributed by atoms with Gasteiger partial charge in [-0.1, -0.05) is 37.2 Å². The normalized spacial score (nSPS) is 11.6. The molecular formula is C14H18N4O2S. The molecule has 0 aliphatic carbocycles. The summed E-state index contributed by atoms with van der Waals surface area (Å²) in [5.41, 5.74) is 8.21. The van der Waals surface area contributed by atoms with Crippen molar-refractivity contribution in [3.05, 3.63) is 40.8 Å². The fourth-order valence-corrected chi connectivity index (χ4v) is 2.52. The molecule has 6 nitrogen and oxygen atoms in total. The lowest BCUT2D eigenvalue weighted by molar-refractivity contribution is -0.123. The van der Waals surface area contributed by atoms with E-state index in [1.165, 1.54) is 0 Å². The molecule has 1 atom stereocenters.